The van der Waals surface area contributed by atoms with Crippen molar-refractivity contribution in [1.29, 1.82) is 0 Å². The minimum Gasteiger partial charge on any atom is -0.371 e. The van der Waals surface area contributed by atoms with Crippen LogP contribution in [0.5, 0.6) is 0 Å². The quantitative estimate of drug-likeness (QED) is 0.932. The van der Waals surface area contributed by atoms with Gasteiger partial charge in [0.1, 0.15) is 12.4 Å². The number of fused-ring (bicyclic) bond motifs is 3. The molecular formula is C16H21N3O. The minimum atomic E-state index is 0.367. The third-order valence-corrected chi connectivity index (χ3v) is 4.65. The monoisotopic (exact) mass is 271 g/mol. The second-order valence-corrected chi connectivity index (χ2v) is 6.05. The average molecular weight is 271 g/mol. The Kier molecular flexibility index (Phi) is 3.00. The lowest BCUT2D eigenvalue weighted by molar-refractivity contribution is 0.0546. The highest BCUT2D eigenvalue weighted by Crippen LogP contribution is 2.28. The molecule has 20 heavy (non-hydrogen) atoms. The number of imidazole rings is 1. The highest BCUT2D eigenvalue weighted by molar-refractivity contribution is 5.79. The van der Waals surface area contributed by atoms with Crippen molar-refractivity contribution in [3.63, 3.8) is 0 Å². The first-order valence-electron chi connectivity index (χ1n) is 7.60. The summed E-state index contributed by atoms with van der Waals surface area (Å²) >= 11 is 0. The molecule has 4 heteroatoms. The Morgan fingerprint density at radius 1 is 1.40 bits per heavy atom. The van der Waals surface area contributed by atoms with E-state index in [1.807, 2.05) is 0 Å². The Hall–Kier alpha value is -1.39. The molecule has 0 bridgehead atoms. The van der Waals surface area contributed by atoms with Crippen molar-refractivity contribution in [1.82, 2.24) is 14.9 Å². The molecule has 2 heterocycles. The molecule has 4 nitrogen and oxygen atoms in total. The lowest BCUT2D eigenvalue weighted by atomic mass is 9.93. The number of benzene rings is 1. The summed E-state index contributed by atoms with van der Waals surface area (Å²) in [5, 5.41) is 3.67. The molecule has 0 saturated heterocycles. The first-order valence-corrected chi connectivity index (χ1v) is 7.60. The van der Waals surface area contributed by atoms with Crippen LogP contribution in [0, 0.1) is 6.92 Å². The van der Waals surface area contributed by atoms with Crippen LogP contribution in [0.2, 0.25) is 0 Å². The Morgan fingerprint density at radius 2 is 2.30 bits per heavy atom. The van der Waals surface area contributed by atoms with Gasteiger partial charge in [-0.3, -0.25) is 0 Å². The lowest BCUT2D eigenvalue weighted by Crippen LogP contribution is -2.41. The van der Waals surface area contributed by atoms with Crippen LogP contribution < -0.4 is 5.32 Å². The number of para-hydroxylation sites is 1. The summed E-state index contributed by atoms with van der Waals surface area (Å²) in [4.78, 5) is 4.77. The minimum absolute atomic E-state index is 0.367. The number of nitrogens with zero attached hydrogens (tertiary/aromatic N) is 2. The van der Waals surface area contributed by atoms with Crippen LogP contribution in [0.25, 0.3) is 11.0 Å². The maximum atomic E-state index is 5.74. The smallest absolute Gasteiger partial charge is 0.136 e. The van der Waals surface area contributed by atoms with Crippen molar-refractivity contribution >= 4 is 11.0 Å². The number of hydrogen-bond acceptors (Lipinski definition) is 3. The summed E-state index contributed by atoms with van der Waals surface area (Å²) in [6.07, 6.45) is 4.02. The van der Waals surface area contributed by atoms with Gasteiger partial charge in [-0.25, -0.2) is 4.98 Å². The fourth-order valence-electron chi connectivity index (χ4n) is 3.24. The maximum absolute atomic E-state index is 5.74. The van der Waals surface area contributed by atoms with E-state index in [4.69, 9.17) is 9.72 Å². The second kappa shape index (κ2) is 4.86. The average Bonchev–Trinajstić information content (AvgIpc) is 2.78. The van der Waals surface area contributed by atoms with Crippen molar-refractivity contribution in [3.05, 3.63) is 29.6 Å². The summed E-state index contributed by atoms with van der Waals surface area (Å²) < 4.78 is 8.13. The first kappa shape index (κ1) is 12.4. The molecule has 1 atom stereocenters. The molecule has 1 saturated carbocycles. The van der Waals surface area contributed by atoms with Gasteiger partial charge in [0.25, 0.3) is 0 Å². The van der Waals surface area contributed by atoms with Crippen LogP contribution in [0.3, 0.4) is 0 Å². The molecule has 0 amide bonds. The SMILES string of the molecule is Cc1cccc2c1nc1n2[C@@H](CNC2CCC2)COC1. The molecule has 1 aromatic heterocycles. The van der Waals surface area contributed by atoms with Gasteiger partial charge in [0.2, 0.25) is 0 Å². The number of hydrogen-bond donors (Lipinski definition) is 1. The zero-order chi connectivity index (χ0) is 13.5. The second-order valence-electron chi connectivity index (χ2n) is 6.05. The van der Waals surface area contributed by atoms with E-state index < -0.39 is 0 Å². The predicted molar refractivity (Wildman–Crippen MR) is 78.8 cm³/mol. The van der Waals surface area contributed by atoms with Gasteiger partial charge in [-0.2, -0.15) is 0 Å². The van der Waals surface area contributed by atoms with E-state index in [2.05, 4.69) is 35.0 Å². The van der Waals surface area contributed by atoms with Crippen LogP contribution in [-0.4, -0.2) is 28.7 Å². The predicted octanol–water partition coefficient (Wildman–Crippen LogP) is 2.56. The van der Waals surface area contributed by atoms with Gasteiger partial charge in [-0.15, -0.1) is 0 Å². The van der Waals surface area contributed by atoms with Crippen LogP contribution in [0.1, 0.15) is 36.7 Å². The third kappa shape index (κ3) is 1.95. The molecule has 1 aromatic carbocycles. The zero-order valence-electron chi connectivity index (χ0n) is 11.9. The fourth-order valence-corrected chi connectivity index (χ4v) is 3.24. The van der Waals surface area contributed by atoms with Crippen molar-refractivity contribution in [2.24, 2.45) is 0 Å². The highest BCUT2D eigenvalue weighted by atomic mass is 16.5. The molecule has 1 N–H and O–H groups in total. The topological polar surface area (TPSA) is 39.1 Å². The van der Waals surface area contributed by atoms with Crippen molar-refractivity contribution < 1.29 is 4.74 Å². The van der Waals surface area contributed by atoms with E-state index in [1.54, 1.807) is 0 Å². The number of ether oxygens (including phenoxy) is 1. The van der Waals surface area contributed by atoms with Gasteiger partial charge in [-0.1, -0.05) is 18.6 Å². The molecule has 0 spiro atoms. The van der Waals surface area contributed by atoms with E-state index in [0.29, 0.717) is 12.6 Å². The van der Waals surface area contributed by atoms with Gasteiger partial charge in [-0.05, 0) is 31.4 Å². The van der Waals surface area contributed by atoms with Crippen LogP contribution in [0.4, 0.5) is 0 Å². The Balaban J connectivity index is 1.67. The molecule has 106 valence electrons. The molecule has 0 radical (unpaired) electrons. The third-order valence-electron chi connectivity index (χ3n) is 4.65. The summed E-state index contributed by atoms with van der Waals surface area (Å²) in [5.74, 6) is 1.07. The summed E-state index contributed by atoms with van der Waals surface area (Å²) in [7, 11) is 0. The van der Waals surface area contributed by atoms with Crippen LogP contribution in [0.15, 0.2) is 18.2 Å². The van der Waals surface area contributed by atoms with Crippen LogP contribution in [-0.2, 0) is 11.3 Å². The van der Waals surface area contributed by atoms with Gasteiger partial charge >= 0.3 is 0 Å². The van der Waals surface area contributed by atoms with Crippen LogP contribution >= 0.6 is 0 Å². The van der Waals surface area contributed by atoms with E-state index in [-0.39, 0.29) is 0 Å². The molecule has 0 unspecified atom stereocenters. The molecule has 2 aliphatic rings. The van der Waals surface area contributed by atoms with Gasteiger partial charge in [0, 0.05) is 12.6 Å². The first-order chi connectivity index (χ1) is 9.83. The van der Waals surface area contributed by atoms with Crippen molar-refractivity contribution in [2.45, 2.75) is 44.9 Å². The molecule has 4 rings (SSSR count). The van der Waals surface area contributed by atoms with Gasteiger partial charge < -0.3 is 14.6 Å². The molecule has 1 aliphatic heterocycles. The molecular weight excluding hydrogens is 250 g/mol. The summed E-state index contributed by atoms with van der Waals surface area (Å²) in [6.45, 7) is 4.53. The van der Waals surface area contributed by atoms with E-state index in [1.165, 1.54) is 30.3 Å². The van der Waals surface area contributed by atoms with Crippen molar-refractivity contribution in [3.8, 4) is 0 Å². The highest BCUT2D eigenvalue weighted by Gasteiger charge is 2.26. The largest absolute Gasteiger partial charge is 0.371 e. The van der Waals surface area contributed by atoms with Crippen molar-refractivity contribution in [2.75, 3.05) is 13.2 Å². The molecule has 1 fully saturated rings. The van der Waals surface area contributed by atoms with E-state index in [9.17, 15) is 0 Å². The maximum Gasteiger partial charge on any atom is 0.136 e. The number of rotatable bonds is 3. The normalized spacial score (nSPS) is 22.8. The summed E-state index contributed by atoms with van der Waals surface area (Å²) in [6, 6.07) is 7.52. The zero-order valence-corrected chi connectivity index (χ0v) is 11.9. The molecule has 1 aliphatic carbocycles. The van der Waals surface area contributed by atoms with Gasteiger partial charge in [0.15, 0.2) is 0 Å². The summed E-state index contributed by atoms with van der Waals surface area (Å²) in [5.41, 5.74) is 3.63. The number of aryl methyl sites for hydroxylation is 1. The fraction of sp³-hybridized carbons (Fsp3) is 0.562. The number of nitrogens with one attached hydrogen (secondary N) is 1. The Morgan fingerprint density at radius 3 is 3.10 bits per heavy atom. The Labute approximate surface area is 119 Å². The van der Waals surface area contributed by atoms with Gasteiger partial charge in [0.05, 0.1) is 23.7 Å². The Bertz CT molecular complexity index is 630. The standard InChI is InChI=1S/C16H21N3O/c1-11-4-2-7-14-16(11)18-15-10-20-9-13(19(14)15)8-17-12-5-3-6-12/h2,4,7,12-13,17H,3,5-6,8-10H2,1H3/t13-/m0/s1. The number of aromatic nitrogens is 2. The van der Waals surface area contributed by atoms with E-state index in [0.717, 1.165) is 30.5 Å². The van der Waals surface area contributed by atoms with E-state index >= 15 is 0 Å². The lowest BCUT2D eigenvalue weighted by Gasteiger charge is -2.31. The molecule has 2 aromatic rings.